The topological polar surface area (TPSA) is 79.4 Å². The fourth-order valence-corrected chi connectivity index (χ4v) is 1.80. The fourth-order valence-electron chi connectivity index (χ4n) is 1.80. The lowest BCUT2D eigenvalue weighted by atomic mass is 10.1. The van der Waals surface area contributed by atoms with Crippen molar-refractivity contribution in [2.75, 3.05) is 13.2 Å². The number of pyridine rings is 1. The van der Waals surface area contributed by atoms with Gasteiger partial charge in [0.25, 0.3) is 0 Å². The molecule has 0 spiro atoms. The number of esters is 1. The van der Waals surface area contributed by atoms with E-state index < -0.39 is 11.4 Å². The lowest BCUT2D eigenvalue weighted by Gasteiger charge is -2.03. The molecular formula is C15H13NO4. The van der Waals surface area contributed by atoms with Gasteiger partial charge in [0.05, 0.1) is 6.61 Å². The zero-order valence-electron chi connectivity index (χ0n) is 10.9. The van der Waals surface area contributed by atoms with E-state index in [1.54, 1.807) is 25.1 Å². The molecule has 0 atom stereocenters. The average molecular weight is 271 g/mol. The summed E-state index contributed by atoms with van der Waals surface area (Å²) in [5.74, 6) is 4.58. The number of aliphatic hydroxyl groups is 1. The van der Waals surface area contributed by atoms with Gasteiger partial charge in [-0.2, -0.15) is 0 Å². The molecule has 0 saturated heterocycles. The molecule has 0 fully saturated rings. The molecule has 1 aromatic heterocycles. The molecule has 20 heavy (non-hydrogen) atoms. The Bertz CT molecular complexity index is 765. The van der Waals surface area contributed by atoms with Crippen LogP contribution in [0.4, 0.5) is 0 Å². The minimum Gasteiger partial charge on any atom is -0.462 e. The second-order valence-electron chi connectivity index (χ2n) is 3.97. The largest absolute Gasteiger partial charge is 0.462 e. The Morgan fingerprint density at radius 1 is 1.45 bits per heavy atom. The maximum atomic E-state index is 12.3. The molecule has 0 radical (unpaired) electrons. The van der Waals surface area contributed by atoms with Crippen LogP contribution in [0.2, 0.25) is 0 Å². The summed E-state index contributed by atoms with van der Waals surface area (Å²) >= 11 is 0. The van der Waals surface area contributed by atoms with E-state index in [9.17, 15) is 9.59 Å². The summed E-state index contributed by atoms with van der Waals surface area (Å²) in [6.45, 7) is 1.63. The minimum absolute atomic E-state index is 0.0355. The molecule has 2 aromatic rings. The fraction of sp³-hybridized carbons (Fsp3) is 0.200. The second-order valence-corrected chi connectivity index (χ2v) is 3.97. The summed E-state index contributed by atoms with van der Waals surface area (Å²) in [4.78, 5) is 26.8. The Labute approximate surface area is 115 Å². The van der Waals surface area contributed by atoms with Crippen LogP contribution < -0.4 is 5.43 Å². The van der Waals surface area contributed by atoms with Gasteiger partial charge in [-0.1, -0.05) is 11.8 Å². The molecule has 0 aliphatic carbocycles. The number of aromatic amines is 1. The number of carbonyl (C=O) groups excluding carboxylic acids is 1. The van der Waals surface area contributed by atoms with Crippen LogP contribution in [0.3, 0.4) is 0 Å². The summed E-state index contributed by atoms with van der Waals surface area (Å²) in [5.41, 5.74) is 0.770. The van der Waals surface area contributed by atoms with Gasteiger partial charge >= 0.3 is 5.97 Å². The first-order valence-electron chi connectivity index (χ1n) is 6.09. The van der Waals surface area contributed by atoms with Gasteiger partial charge in [0, 0.05) is 22.7 Å². The van der Waals surface area contributed by atoms with Crippen molar-refractivity contribution < 1.29 is 14.6 Å². The Hall–Kier alpha value is -2.58. The van der Waals surface area contributed by atoms with Gasteiger partial charge in [0.1, 0.15) is 12.2 Å². The van der Waals surface area contributed by atoms with E-state index in [4.69, 9.17) is 9.84 Å². The van der Waals surface area contributed by atoms with Crippen molar-refractivity contribution in [1.29, 1.82) is 0 Å². The van der Waals surface area contributed by atoms with Crippen molar-refractivity contribution in [2.45, 2.75) is 6.92 Å². The molecular weight excluding hydrogens is 258 g/mol. The SMILES string of the molecule is CCOC(=O)c1c[nH]c2ccc(C#CCO)cc2c1=O. The number of fused-ring (bicyclic) bond motifs is 1. The van der Waals surface area contributed by atoms with Crippen LogP contribution in [0.5, 0.6) is 0 Å². The number of hydrogen-bond acceptors (Lipinski definition) is 4. The van der Waals surface area contributed by atoms with Crippen molar-refractivity contribution in [3.63, 3.8) is 0 Å². The van der Waals surface area contributed by atoms with Crippen molar-refractivity contribution in [1.82, 2.24) is 4.98 Å². The van der Waals surface area contributed by atoms with E-state index in [1.807, 2.05) is 0 Å². The summed E-state index contributed by atoms with van der Waals surface area (Å²) in [7, 11) is 0. The summed E-state index contributed by atoms with van der Waals surface area (Å²) in [6.07, 6.45) is 1.35. The van der Waals surface area contributed by atoms with E-state index in [2.05, 4.69) is 16.8 Å². The third-order valence-electron chi connectivity index (χ3n) is 2.69. The maximum absolute atomic E-state index is 12.3. The van der Waals surface area contributed by atoms with Crippen LogP contribution in [-0.4, -0.2) is 29.3 Å². The van der Waals surface area contributed by atoms with Gasteiger partial charge in [0.15, 0.2) is 0 Å². The van der Waals surface area contributed by atoms with Crippen molar-refractivity contribution in [3.05, 3.63) is 45.7 Å². The van der Waals surface area contributed by atoms with Crippen LogP contribution in [0.25, 0.3) is 10.9 Å². The first kappa shape index (κ1) is 13.8. The molecule has 0 bridgehead atoms. The Balaban J connectivity index is 2.58. The molecule has 5 heteroatoms. The van der Waals surface area contributed by atoms with E-state index in [-0.39, 0.29) is 18.8 Å². The molecule has 0 aliphatic rings. The Morgan fingerprint density at radius 3 is 2.95 bits per heavy atom. The number of H-pyrrole nitrogens is 1. The lowest BCUT2D eigenvalue weighted by molar-refractivity contribution is 0.0524. The van der Waals surface area contributed by atoms with Crippen molar-refractivity contribution in [2.24, 2.45) is 0 Å². The number of nitrogens with one attached hydrogen (secondary N) is 1. The average Bonchev–Trinajstić information content (AvgIpc) is 2.46. The highest BCUT2D eigenvalue weighted by atomic mass is 16.5. The third-order valence-corrected chi connectivity index (χ3v) is 2.69. The highest BCUT2D eigenvalue weighted by molar-refractivity contribution is 5.93. The van der Waals surface area contributed by atoms with Crippen LogP contribution >= 0.6 is 0 Å². The highest BCUT2D eigenvalue weighted by Gasteiger charge is 2.13. The minimum atomic E-state index is -0.650. The Morgan fingerprint density at radius 2 is 2.25 bits per heavy atom. The highest BCUT2D eigenvalue weighted by Crippen LogP contribution is 2.11. The number of carbonyl (C=O) groups is 1. The first-order valence-corrected chi connectivity index (χ1v) is 6.09. The first-order chi connectivity index (χ1) is 9.67. The third kappa shape index (κ3) is 2.71. The lowest BCUT2D eigenvalue weighted by Crippen LogP contribution is -2.18. The van der Waals surface area contributed by atoms with Crippen LogP contribution in [0.15, 0.2) is 29.2 Å². The van der Waals surface area contributed by atoms with E-state index in [0.29, 0.717) is 16.5 Å². The van der Waals surface area contributed by atoms with E-state index in [1.165, 1.54) is 6.20 Å². The molecule has 0 aliphatic heterocycles. The van der Waals surface area contributed by atoms with Crippen molar-refractivity contribution in [3.8, 4) is 11.8 Å². The predicted molar refractivity (Wildman–Crippen MR) is 74.5 cm³/mol. The molecule has 5 nitrogen and oxygen atoms in total. The molecule has 102 valence electrons. The molecule has 0 saturated carbocycles. The van der Waals surface area contributed by atoms with Gasteiger partial charge < -0.3 is 14.8 Å². The van der Waals surface area contributed by atoms with Gasteiger partial charge in [0.2, 0.25) is 5.43 Å². The van der Waals surface area contributed by atoms with E-state index >= 15 is 0 Å². The normalized spacial score (nSPS) is 9.90. The van der Waals surface area contributed by atoms with E-state index in [0.717, 1.165) is 0 Å². The van der Waals surface area contributed by atoms with Crippen LogP contribution in [0.1, 0.15) is 22.8 Å². The van der Waals surface area contributed by atoms with Gasteiger partial charge in [-0.15, -0.1) is 0 Å². The van der Waals surface area contributed by atoms with Gasteiger partial charge in [-0.25, -0.2) is 4.79 Å². The number of ether oxygens (including phenoxy) is 1. The molecule has 1 aromatic carbocycles. The molecule has 2 N–H and O–H groups in total. The summed E-state index contributed by atoms with van der Waals surface area (Å²) in [6, 6.07) is 5.01. The van der Waals surface area contributed by atoms with Crippen LogP contribution in [-0.2, 0) is 4.74 Å². The quantitative estimate of drug-likeness (QED) is 0.632. The van der Waals surface area contributed by atoms with Gasteiger partial charge in [-0.05, 0) is 25.1 Å². The molecule has 0 unspecified atom stereocenters. The number of aliphatic hydroxyl groups excluding tert-OH is 1. The molecule has 1 heterocycles. The zero-order valence-corrected chi connectivity index (χ0v) is 10.9. The number of aromatic nitrogens is 1. The standard InChI is InChI=1S/C15H13NO4/c1-2-20-15(19)12-9-16-13-6-5-10(4-3-7-17)8-11(13)14(12)18/h5-6,8-9,17H,2,7H2,1H3,(H,16,18). The Kier molecular flexibility index (Phi) is 4.18. The number of benzene rings is 1. The maximum Gasteiger partial charge on any atom is 0.343 e. The summed E-state index contributed by atoms with van der Waals surface area (Å²) in [5, 5.41) is 9.03. The second kappa shape index (κ2) is 6.04. The predicted octanol–water partition coefficient (Wildman–Crippen LogP) is 1.05. The number of rotatable bonds is 2. The van der Waals surface area contributed by atoms with Crippen molar-refractivity contribution >= 4 is 16.9 Å². The smallest absolute Gasteiger partial charge is 0.343 e. The van der Waals surface area contributed by atoms with Crippen LogP contribution in [0, 0.1) is 11.8 Å². The monoisotopic (exact) mass is 271 g/mol. The van der Waals surface area contributed by atoms with Gasteiger partial charge in [-0.3, -0.25) is 4.79 Å². The molecule has 2 rings (SSSR count). The molecule has 0 amide bonds. The zero-order chi connectivity index (χ0) is 14.5. The summed E-state index contributed by atoms with van der Waals surface area (Å²) < 4.78 is 4.83. The number of hydrogen-bond donors (Lipinski definition) is 2.